The second kappa shape index (κ2) is 10.2. The van der Waals surface area contributed by atoms with Gasteiger partial charge in [-0.3, -0.25) is 0 Å². The summed E-state index contributed by atoms with van der Waals surface area (Å²) in [6.45, 7) is 6.84. The maximum atomic E-state index is 4.62. The van der Waals surface area contributed by atoms with E-state index < -0.39 is 0 Å². The number of hydrogen-bond acceptors (Lipinski definition) is 3. The zero-order valence-corrected chi connectivity index (χ0v) is 16.3. The average molecular weight is 435 g/mol. The van der Waals surface area contributed by atoms with Gasteiger partial charge in [0.2, 0.25) is 0 Å². The lowest BCUT2D eigenvalue weighted by Gasteiger charge is -2.14. The highest BCUT2D eigenvalue weighted by Crippen LogP contribution is 2.19. The minimum absolute atomic E-state index is 0. The van der Waals surface area contributed by atoms with Crippen molar-refractivity contribution < 1.29 is 0 Å². The number of halogens is 1. The van der Waals surface area contributed by atoms with Crippen molar-refractivity contribution in [3.8, 4) is 0 Å². The lowest BCUT2D eigenvalue weighted by atomic mass is 10.1. The van der Waals surface area contributed by atoms with Crippen molar-refractivity contribution in [2.45, 2.75) is 26.3 Å². The zero-order chi connectivity index (χ0) is 14.2. The van der Waals surface area contributed by atoms with E-state index in [1.807, 2.05) is 11.3 Å². The molecule has 0 amide bonds. The maximum Gasteiger partial charge on any atom is 0.191 e. The molecule has 2 heterocycles. The Hall–Kier alpha value is -0.600. The minimum Gasteiger partial charge on any atom is -0.357 e. The fourth-order valence-electron chi connectivity index (χ4n) is 1.82. The van der Waals surface area contributed by atoms with Crippen LogP contribution in [0.5, 0.6) is 0 Å². The van der Waals surface area contributed by atoms with Gasteiger partial charge in [0.1, 0.15) is 0 Å². The molecule has 0 aromatic carbocycles. The molecule has 1 unspecified atom stereocenters. The van der Waals surface area contributed by atoms with Crippen LogP contribution in [0, 0.1) is 0 Å². The molecule has 0 spiro atoms. The molecule has 0 aliphatic heterocycles. The number of hydrogen-bond donors (Lipinski definition) is 2. The Morgan fingerprint density at radius 2 is 1.95 bits per heavy atom. The summed E-state index contributed by atoms with van der Waals surface area (Å²) in [4.78, 5) is 7.31. The highest BCUT2D eigenvalue weighted by atomic mass is 127. The number of thiophene rings is 2. The van der Waals surface area contributed by atoms with Crippen molar-refractivity contribution in [1.29, 1.82) is 0 Å². The third-order valence-corrected chi connectivity index (χ3v) is 4.89. The summed E-state index contributed by atoms with van der Waals surface area (Å²) < 4.78 is 0. The Morgan fingerprint density at radius 3 is 2.57 bits per heavy atom. The maximum absolute atomic E-state index is 4.62. The lowest BCUT2D eigenvalue weighted by Crippen LogP contribution is -2.38. The van der Waals surface area contributed by atoms with E-state index in [2.05, 4.69) is 64.5 Å². The quantitative estimate of drug-likeness (QED) is 0.404. The molecule has 0 aliphatic rings. The smallest absolute Gasteiger partial charge is 0.191 e. The van der Waals surface area contributed by atoms with Crippen LogP contribution < -0.4 is 10.6 Å². The van der Waals surface area contributed by atoms with E-state index in [-0.39, 0.29) is 24.0 Å². The molecule has 21 heavy (non-hydrogen) atoms. The van der Waals surface area contributed by atoms with Crippen LogP contribution >= 0.6 is 46.7 Å². The van der Waals surface area contributed by atoms with Gasteiger partial charge in [0.25, 0.3) is 0 Å². The van der Waals surface area contributed by atoms with Gasteiger partial charge in [-0.15, -0.1) is 46.7 Å². The topological polar surface area (TPSA) is 36.4 Å². The summed E-state index contributed by atoms with van der Waals surface area (Å²) in [5, 5.41) is 10.9. The van der Waals surface area contributed by atoms with Crippen LogP contribution in [-0.4, -0.2) is 19.0 Å². The molecular weight excluding hydrogens is 413 g/mol. The largest absolute Gasteiger partial charge is 0.357 e. The van der Waals surface area contributed by atoms with Gasteiger partial charge in [-0.25, -0.2) is 4.99 Å². The number of nitrogens with zero attached hydrogens (tertiary/aromatic N) is 1. The summed E-state index contributed by atoms with van der Waals surface area (Å²) in [6, 6.07) is 8.47. The summed E-state index contributed by atoms with van der Waals surface area (Å²) >= 11 is 3.55. The standard InChI is InChI=1S/C15H21N3S2.HI/c1-3-16-15(18-11-13-6-4-8-19-13)17-10-12(2)14-7-5-9-20-14;/h4-9,12H,3,10-11H2,1-2H3,(H2,16,17,18);1H. The number of aliphatic imine (C=N–C) groups is 1. The Labute approximate surface area is 151 Å². The number of nitrogens with one attached hydrogen (secondary N) is 2. The molecule has 6 heteroatoms. The highest BCUT2D eigenvalue weighted by molar-refractivity contribution is 14.0. The van der Waals surface area contributed by atoms with Gasteiger partial charge < -0.3 is 10.6 Å². The molecular formula is C15H22IN3S2. The summed E-state index contributed by atoms with van der Waals surface area (Å²) in [5.41, 5.74) is 0. The molecule has 0 saturated heterocycles. The zero-order valence-electron chi connectivity index (χ0n) is 12.3. The molecule has 0 fully saturated rings. The Bertz CT molecular complexity index is 509. The Balaban J connectivity index is 0.00000220. The average Bonchev–Trinajstić information content (AvgIpc) is 3.13. The fourth-order valence-corrected chi connectivity index (χ4v) is 3.24. The molecule has 2 aromatic heterocycles. The third-order valence-electron chi connectivity index (χ3n) is 2.92. The first-order chi connectivity index (χ1) is 9.79. The first-order valence-electron chi connectivity index (χ1n) is 6.87. The van der Waals surface area contributed by atoms with Crippen LogP contribution in [0.3, 0.4) is 0 Å². The van der Waals surface area contributed by atoms with E-state index in [1.54, 1.807) is 11.3 Å². The first-order valence-corrected chi connectivity index (χ1v) is 8.63. The summed E-state index contributed by atoms with van der Waals surface area (Å²) in [5.74, 6) is 1.39. The van der Waals surface area contributed by atoms with Gasteiger partial charge in [0.15, 0.2) is 5.96 Å². The van der Waals surface area contributed by atoms with E-state index in [0.717, 1.165) is 25.6 Å². The molecule has 2 aromatic rings. The van der Waals surface area contributed by atoms with E-state index in [0.29, 0.717) is 5.92 Å². The monoisotopic (exact) mass is 435 g/mol. The minimum atomic E-state index is 0. The van der Waals surface area contributed by atoms with Crippen molar-refractivity contribution in [1.82, 2.24) is 10.6 Å². The third kappa shape index (κ3) is 6.36. The van der Waals surface area contributed by atoms with E-state index >= 15 is 0 Å². The normalized spacial score (nSPS) is 12.6. The molecule has 0 saturated carbocycles. The Kier molecular flexibility index (Phi) is 8.94. The van der Waals surface area contributed by atoms with E-state index in [9.17, 15) is 0 Å². The van der Waals surface area contributed by atoms with E-state index in [4.69, 9.17) is 0 Å². The van der Waals surface area contributed by atoms with Crippen LogP contribution in [0.25, 0.3) is 0 Å². The van der Waals surface area contributed by atoms with E-state index in [1.165, 1.54) is 9.75 Å². The van der Waals surface area contributed by atoms with Gasteiger partial charge in [0.05, 0.1) is 6.54 Å². The highest BCUT2D eigenvalue weighted by Gasteiger charge is 2.07. The van der Waals surface area contributed by atoms with Gasteiger partial charge >= 0.3 is 0 Å². The van der Waals surface area contributed by atoms with Crippen LogP contribution in [0.2, 0.25) is 0 Å². The molecule has 0 aliphatic carbocycles. The predicted molar refractivity (Wildman–Crippen MR) is 105 cm³/mol. The summed E-state index contributed by atoms with van der Waals surface area (Å²) in [6.07, 6.45) is 0. The van der Waals surface area contributed by atoms with Gasteiger partial charge in [-0.05, 0) is 29.8 Å². The van der Waals surface area contributed by atoms with Gasteiger partial charge in [-0.1, -0.05) is 19.1 Å². The van der Waals surface area contributed by atoms with Crippen molar-refractivity contribution in [3.63, 3.8) is 0 Å². The van der Waals surface area contributed by atoms with Gasteiger partial charge in [-0.2, -0.15) is 0 Å². The molecule has 2 N–H and O–H groups in total. The fraction of sp³-hybridized carbons (Fsp3) is 0.400. The molecule has 0 radical (unpaired) electrons. The molecule has 3 nitrogen and oxygen atoms in total. The second-order valence-corrected chi connectivity index (χ2v) is 6.58. The van der Waals surface area contributed by atoms with Crippen LogP contribution in [0.15, 0.2) is 40.0 Å². The summed E-state index contributed by atoms with van der Waals surface area (Å²) in [7, 11) is 0. The number of rotatable bonds is 6. The SMILES string of the molecule is CCNC(=NCc1cccs1)NCC(C)c1cccs1.I. The number of guanidine groups is 1. The van der Waals surface area contributed by atoms with Crippen LogP contribution in [0.4, 0.5) is 0 Å². The van der Waals surface area contributed by atoms with Crippen molar-refractivity contribution in [2.24, 2.45) is 4.99 Å². The molecule has 116 valence electrons. The Morgan fingerprint density at radius 1 is 1.19 bits per heavy atom. The molecule has 2 rings (SSSR count). The van der Waals surface area contributed by atoms with Crippen molar-refractivity contribution in [2.75, 3.05) is 13.1 Å². The molecule has 0 bridgehead atoms. The predicted octanol–water partition coefficient (Wildman–Crippen LogP) is 4.29. The second-order valence-electron chi connectivity index (χ2n) is 4.57. The van der Waals surface area contributed by atoms with Gasteiger partial charge in [0, 0.05) is 28.8 Å². The van der Waals surface area contributed by atoms with Crippen molar-refractivity contribution >= 4 is 52.6 Å². The lowest BCUT2D eigenvalue weighted by molar-refractivity contribution is 0.709. The molecule has 1 atom stereocenters. The van der Waals surface area contributed by atoms with Crippen LogP contribution in [-0.2, 0) is 6.54 Å². The first kappa shape index (κ1) is 18.4. The van der Waals surface area contributed by atoms with Crippen molar-refractivity contribution in [3.05, 3.63) is 44.8 Å². The van der Waals surface area contributed by atoms with Crippen LogP contribution in [0.1, 0.15) is 29.5 Å².